The molecule has 0 aliphatic carbocycles. The maximum Gasteiger partial charge on any atom is 0.242 e. The minimum absolute atomic E-state index is 0. The van der Waals surface area contributed by atoms with Gasteiger partial charge in [0.1, 0.15) is 0 Å². The second kappa shape index (κ2) is 9.90. The Balaban J connectivity index is 0.00000243. The molecule has 144 valence electrons. The molecule has 2 unspecified atom stereocenters. The zero-order chi connectivity index (χ0) is 17.6. The Morgan fingerprint density at radius 3 is 2.62 bits per heavy atom. The molecule has 26 heavy (non-hydrogen) atoms. The molecule has 7 heteroatoms. The molecule has 2 heterocycles. The number of nitrogens with one attached hydrogen (secondary N) is 1. The molecule has 0 spiro atoms. The van der Waals surface area contributed by atoms with Crippen LogP contribution in [0, 0.1) is 5.92 Å². The Bertz CT molecular complexity index is 593. The fraction of sp³-hybridized carbons (Fsp3) is 0.579. The fourth-order valence-electron chi connectivity index (χ4n) is 3.58. The Kier molecular flexibility index (Phi) is 7.87. The third kappa shape index (κ3) is 4.96. The largest absolute Gasteiger partial charge is 0.373 e. The van der Waals surface area contributed by atoms with Gasteiger partial charge in [0.25, 0.3) is 0 Å². The highest BCUT2D eigenvalue weighted by Gasteiger charge is 2.35. The van der Waals surface area contributed by atoms with Gasteiger partial charge in [-0.15, -0.1) is 12.4 Å². The van der Waals surface area contributed by atoms with Crippen molar-refractivity contribution in [2.45, 2.75) is 18.9 Å². The van der Waals surface area contributed by atoms with Crippen molar-refractivity contribution in [1.82, 2.24) is 15.1 Å². The van der Waals surface area contributed by atoms with Gasteiger partial charge in [0.2, 0.25) is 11.8 Å². The lowest BCUT2D eigenvalue weighted by Crippen LogP contribution is -2.50. The first-order valence-corrected chi connectivity index (χ1v) is 9.07. The normalized spacial score (nSPS) is 23.0. The van der Waals surface area contributed by atoms with E-state index in [4.69, 9.17) is 4.74 Å². The van der Waals surface area contributed by atoms with E-state index in [1.54, 1.807) is 11.9 Å². The van der Waals surface area contributed by atoms with E-state index in [-0.39, 0.29) is 42.8 Å². The van der Waals surface area contributed by atoms with E-state index >= 15 is 0 Å². The Morgan fingerprint density at radius 2 is 1.92 bits per heavy atom. The van der Waals surface area contributed by atoms with Gasteiger partial charge in [0.15, 0.2) is 0 Å². The first-order valence-electron chi connectivity index (χ1n) is 9.07. The highest BCUT2D eigenvalue weighted by molar-refractivity contribution is 5.86. The van der Waals surface area contributed by atoms with Crippen LogP contribution in [0.4, 0.5) is 0 Å². The molecule has 1 N–H and O–H groups in total. The van der Waals surface area contributed by atoms with Crippen LogP contribution in [0.1, 0.15) is 24.5 Å². The van der Waals surface area contributed by atoms with Crippen LogP contribution in [0.15, 0.2) is 30.3 Å². The molecular formula is C19H28ClN3O3. The lowest BCUT2D eigenvalue weighted by atomic mass is 9.88. The lowest BCUT2D eigenvalue weighted by Gasteiger charge is -2.34. The monoisotopic (exact) mass is 381 g/mol. The number of hydrogen-bond donors (Lipinski definition) is 1. The van der Waals surface area contributed by atoms with Crippen LogP contribution in [0.5, 0.6) is 0 Å². The second-order valence-electron chi connectivity index (χ2n) is 6.78. The summed E-state index contributed by atoms with van der Waals surface area (Å²) < 4.78 is 5.92. The van der Waals surface area contributed by atoms with Crippen molar-refractivity contribution in [3.8, 4) is 0 Å². The van der Waals surface area contributed by atoms with E-state index in [0.29, 0.717) is 19.7 Å². The smallest absolute Gasteiger partial charge is 0.242 e. The molecule has 0 aromatic heterocycles. The highest BCUT2D eigenvalue weighted by Crippen LogP contribution is 2.34. The molecule has 1 aromatic carbocycles. The minimum Gasteiger partial charge on any atom is -0.373 e. The van der Waals surface area contributed by atoms with Crippen molar-refractivity contribution < 1.29 is 14.3 Å². The van der Waals surface area contributed by atoms with E-state index in [9.17, 15) is 9.59 Å². The molecule has 3 rings (SSSR count). The predicted octanol–water partition coefficient (Wildman–Crippen LogP) is 1.47. The van der Waals surface area contributed by atoms with Crippen LogP contribution in [0.25, 0.3) is 0 Å². The van der Waals surface area contributed by atoms with Crippen LogP contribution >= 0.6 is 12.4 Å². The number of amides is 2. The molecule has 2 atom stereocenters. The standard InChI is InChI=1S/C19H27N3O3.ClH/c1-21(14-17(23)22-11-9-20-10-12-22)19(24)16-8-5-13-25-18(16)15-6-3-2-4-7-15;/h2-4,6-7,16,18,20H,5,8-14H2,1H3;1H. The van der Waals surface area contributed by atoms with Crippen molar-refractivity contribution in [3.05, 3.63) is 35.9 Å². The number of likely N-dealkylation sites (N-methyl/N-ethyl adjacent to an activating group) is 1. The fourth-order valence-corrected chi connectivity index (χ4v) is 3.58. The summed E-state index contributed by atoms with van der Waals surface area (Å²) in [4.78, 5) is 28.8. The van der Waals surface area contributed by atoms with Gasteiger partial charge in [0, 0.05) is 39.8 Å². The van der Waals surface area contributed by atoms with Gasteiger partial charge in [-0.3, -0.25) is 9.59 Å². The summed E-state index contributed by atoms with van der Waals surface area (Å²) in [5, 5.41) is 3.23. The lowest BCUT2D eigenvalue weighted by molar-refractivity contribution is -0.148. The van der Waals surface area contributed by atoms with Crippen LogP contribution in [0.2, 0.25) is 0 Å². The summed E-state index contributed by atoms with van der Waals surface area (Å²) >= 11 is 0. The molecule has 2 fully saturated rings. The quantitative estimate of drug-likeness (QED) is 0.857. The average molecular weight is 382 g/mol. The van der Waals surface area contributed by atoms with Crippen molar-refractivity contribution >= 4 is 24.2 Å². The minimum atomic E-state index is -0.225. The van der Waals surface area contributed by atoms with E-state index in [0.717, 1.165) is 31.5 Å². The van der Waals surface area contributed by atoms with Crippen LogP contribution in [-0.4, -0.2) is 68.0 Å². The maximum absolute atomic E-state index is 13.0. The molecule has 6 nitrogen and oxygen atoms in total. The van der Waals surface area contributed by atoms with Crippen LogP contribution < -0.4 is 5.32 Å². The second-order valence-corrected chi connectivity index (χ2v) is 6.78. The molecule has 1 aromatic rings. The maximum atomic E-state index is 13.0. The van der Waals surface area contributed by atoms with Gasteiger partial charge in [-0.25, -0.2) is 0 Å². The third-order valence-corrected chi connectivity index (χ3v) is 4.99. The molecule has 0 saturated carbocycles. The topological polar surface area (TPSA) is 61.9 Å². The molecule has 2 aliphatic heterocycles. The number of benzene rings is 1. The van der Waals surface area contributed by atoms with E-state index in [2.05, 4.69) is 5.32 Å². The number of carbonyl (C=O) groups excluding carboxylic acids is 2. The number of nitrogens with zero attached hydrogens (tertiary/aromatic N) is 2. The zero-order valence-corrected chi connectivity index (χ0v) is 16.0. The molecular weight excluding hydrogens is 354 g/mol. The summed E-state index contributed by atoms with van der Waals surface area (Å²) in [6, 6.07) is 9.89. The number of carbonyl (C=O) groups is 2. The number of rotatable bonds is 4. The molecule has 2 aliphatic rings. The first kappa shape index (κ1) is 20.7. The van der Waals surface area contributed by atoms with Gasteiger partial charge in [-0.05, 0) is 18.4 Å². The molecule has 2 amide bonds. The molecule has 0 bridgehead atoms. The number of halogens is 1. The van der Waals surface area contributed by atoms with Crippen LogP contribution in [-0.2, 0) is 14.3 Å². The van der Waals surface area contributed by atoms with Gasteiger partial charge in [-0.2, -0.15) is 0 Å². The number of piperazine rings is 1. The molecule has 0 radical (unpaired) electrons. The summed E-state index contributed by atoms with van der Waals surface area (Å²) in [5.41, 5.74) is 1.03. The Labute approximate surface area is 161 Å². The summed E-state index contributed by atoms with van der Waals surface area (Å²) in [6.07, 6.45) is 1.45. The van der Waals surface area contributed by atoms with Crippen molar-refractivity contribution in [3.63, 3.8) is 0 Å². The van der Waals surface area contributed by atoms with Crippen LogP contribution in [0.3, 0.4) is 0 Å². The third-order valence-electron chi connectivity index (χ3n) is 4.99. The van der Waals surface area contributed by atoms with Gasteiger partial charge in [0.05, 0.1) is 18.6 Å². The average Bonchev–Trinajstić information content (AvgIpc) is 2.68. The summed E-state index contributed by atoms with van der Waals surface area (Å²) in [6.45, 7) is 3.86. The van der Waals surface area contributed by atoms with Crippen molar-refractivity contribution in [2.24, 2.45) is 5.92 Å². The molecule has 2 saturated heterocycles. The SMILES string of the molecule is CN(CC(=O)N1CCNCC1)C(=O)C1CCCOC1c1ccccc1.Cl. The Morgan fingerprint density at radius 1 is 1.23 bits per heavy atom. The highest BCUT2D eigenvalue weighted by atomic mass is 35.5. The summed E-state index contributed by atoms with van der Waals surface area (Å²) in [5.74, 6) is -0.209. The zero-order valence-electron chi connectivity index (χ0n) is 15.2. The first-order chi connectivity index (χ1) is 12.2. The number of hydrogen-bond acceptors (Lipinski definition) is 4. The predicted molar refractivity (Wildman–Crippen MR) is 102 cm³/mol. The van der Waals surface area contributed by atoms with Gasteiger partial charge in [-0.1, -0.05) is 30.3 Å². The van der Waals surface area contributed by atoms with E-state index < -0.39 is 0 Å². The Hall–Kier alpha value is -1.63. The number of ether oxygens (including phenoxy) is 1. The van der Waals surface area contributed by atoms with E-state index in [1.165, 1.54) is 0 Å². The summed E-state index contributed by atoms with van der Waals surface area (Å²) in [7, 11) is 1.72. The van der Waals surface area contributed by atoms with E-state index in [1.807, 2.05) is 35.2 Å². The van der Waals surface area contributed by atoms with Crippen molar-refractivity contribution in [2.75, 3.05) is 46.4 Å². The van der Waals surface area contributed by atoms with Gasteiger partial charge >= 0.3 is 0 Å². The van der Waals surface area contributed by atoms with Gasteiger partial charge < -0.3 is 19.9 Å². The van der Waals surface area contributed by atoms with Crippen molar-refractivity contribution in [1.29, 1.82) is 0 Å².